The Hall–Kier alpha value is -5.24. The molecular formula is C40H43ClN8O5. The summed E-state index contributed by atoms with van der Waals surface area (Å²) >= 11 is 7.27. The smallest absolute Gasteiger partial charge is 0.330 e. The molecule has 1 spiro atoms. The molecule has 5 heterocycles. The Labute approximate surface area is 317 Å². The second-order valence-electron chi connectivity index (χ2n) is 14.5. The standard InChI is InChI=1S/C40H43ClN8O5/c1-23-25(8-7-11-28(23)43-35-33-30(14-16-42-35)46(2)39(52)47(3)37(33)50)26-9-6-10-27(34(26)41)29-20-24-12-13-31(32(24)36(44-29)54-5)48-17-15-40(21-48)22-49(18-19-53-4)38(51)45-40/h6-11,14,16,20,31H,12-13,15,17-19,21-22H2,1-5H3,(H,42,43)(H,45,51)/t31-,40+/m0/s1. The molecule has 2 atom stereocenters. The fourth-order valence-corrected chi connectivity index (χ4v) is 8.88. The van der Waals surface area contributed by atoms with Crippen LogP contribution < -0.4 is 26.6 Å². The molecule has 8 rings (SSSR count). The minimum absolute atomic E-state index is 0.0232. The molecule has 2 fully saturated rings. The van der Waals surface area contributed by atoms with E-state index in [-0.39, 0.29) is 17.6 Å². The summed E-state index contributed by atoms with van der Waals surface area (Å²) in [7, 11) is 6.42. The molecular weight excluding hydrogens is 708 g/mol. The summed E-state index contributed by atoms with van der Waals surface area (Å²) in [5, 5.41) is 7.53. The van der Waals surface area contributed by atoms with Crippen LogP contribution >= 0.6 is 11.6 Å². The molecule has 280 valence electrons. The van der Waals surface area contributed by atoms with Crippen molar-refractivity contribution in [1.29, 1.82) is 0 Å². The maximum absolute atomic E-state index is 13.2. The topological polar surface area (TPSA) is 136 Å². The molecule has 13 nitrogen and oxygen atoms in total. The summed E-state index contributed by atoms with van der Waals surface area (Å²) in [6, 6.07) is 15.7. The zero-order valence-electron chi connectivity index (χ0n) is 31.0. The molecule has 5 aromatic rings. The average Bonchev–Trinajstić information content (AvgIpc) is 3.88. The normalized spacial score (nSPS) is 19.6. The molecule has 3 aliphatic rings. The number of halogens is 1. The van der Waals surface area contributed by atoms with E-state index in [1.807, 2.05) is 48.2 Å². The zero-order chi connectivity index (χ0) is 37.9. The van der Waals surface area contributed by atoms with Gasteiger partial charge in [-0.2, -0.15) is 0 Å². The van der Waals surface area contributed by atoms with E-state index in [9.17, 15) is 14.4 Å². The maximum atomic E-state index is 13.2. The Morgan fingerprint density at radius 2 is 1.80 bits per heavy atom. The predicted octanol–water partition coefficient (Wildman–Crippen LogP) is 5.18. The molecule has 0 unspecified atom stereocenters. The van der Waals surface area contributed by atoms with Crippen LogP contribution in [0.1, 0.15) is 35.6 Å². The van der Waals surface area contributed by atoms with E-state index < -0.39 is 11.2 Å². The number of carbonyl (C=O) groups excluding carboxylic acids is 1. The average molecular weight is 751 g/mol. The van der Waals surface area contributed by atoms with Gasteiger partial charge < -0.3 is 25.0 Å². The van der Waals surface area contributed by atoms with Crippen LogP contribution in [0.2, 0.25) is 5.02 Å². The summed E-state index contributed by atoms with van der Waals surface area (Å²) < 4.78 is 13.7. The minimum atomic E-state index is -0.423. The van der Waals surface area contributed by atoms with E-state index in [0.29, 0.717) is 47.3 Å². The van der Waals surface area contributed by atoms with Crippen molar-refractivity contribution in [2.45, 2.75) is 37.8 Å². The lowest BCUT2D eigenvalue weighted by molar-refractivity contribution is 0.158. The number of ether oxygens (including phenoxy) is 2. The third-order valence-electron chi connectivity index (χ3n) is 11.4. The second-order valence-corrected chi connectivity index (χ2v) is 14.9. The van der Waals surface area contributed by atoms with Gasteiger partial charge in [0.1, 0.15) is 11.2 Å². The number of rotatable bonds is 9. The van der Waals surface area contributed by atoms with Crippen LogP contribution in [0.15, 0.2) is 64.3 Å². The van der Waals surface area contributed by atoms with Crippen LogP contribution in [-0.2, 0) is 25.3 Å². The van der Waals surface area contributed by atoms with Crippen molar-refractivity contribution in [2.24, 2.45) is 14.1 Å². The van der Waals surface area contributed by atoms with Crippen LogP contribution in [0.4, 0.5) is 16.3 Å². The molecule has 0 bridgehead atoms. The minimum Gasteiger partial charge on any atom is -0.481 e. The number of fused-ring (bicyclic) bond motifs is 2. The lowest BCUT2D eigenvalue weighted by Gasteiger charge is -2.28. The molecule has 0 saturated carbocycles. The van der Waals surface area contributed by atoms with E-state index in [0.717, 1.165) is 76.1 Å². The van der Waals surface area contributed by atoms with E-state index in [1.165, 1.54) is 17.2 Å². The van der Waals surface area contributed by atoms with Crippen molar-refractivity contribution in [3.63, 3.8) is 0 Å². The highest BCUT2D eigenvalue weighted by Crippen LogP contribution is 2.46. The summed E-state index contributed by atoms with van der Waals surface area (Å²) in [4.78, 5) is 52.4. The van der Waals surface area contributed by atoms with E-state index in [1.54, 1.807) is 33.5 Å². The van der Waals surface area contributed by atoms with Gasteiger partial charge in [-0.3, -0.25) is 18.8 Å². The quantitative estimate of drug-likeness (QED) is 0.209. The largest absolute Gasteiger partial charge is 0.481 e. The van der Waals surface area contributed by atoms with Crippen LogP contribution in [0.25, 0.3) is 33.3 Å². The van der Waals surface area contributed by atoms with Crippen LogP contribution in [-0.4, -0.2) is 87.5 Å². The van der Waals surface area contributed by atoms with Crippen molar-refractivity contribution < 1.29 is 14.3 Å². The summed E-state index contributed by atoms with van der Waals surface area (Å²) in [5.74, 6) is 0.955. The number of likely N-dealkylation sites (tertiary alicyclic amines) is 1. The number of amides is 2. The zero-order valence-corrected chi connectivity index (χ0v) is 31.8. The predicted molar refractivity (Wildman–Crippen MR) is 209 cm³/mol. The summed E-state index contributed by atoms with van der Waals surface area (Å²) in [5.41, 5.74) is 6.62. The van der Waals surface area contributed by atoms with E-state index >= 15 is 0 Å². The molecule has 2 aliphatic heterocycles. The lowest BCUT2D eigenvalue weighted by Crippen LogP contribution is -2.46. The fourth-order valence-electron chi connectivity index (χ4n) is 8.55. The van der Waals surface area contributed by atoms with Gasteiger partial charge in [-0.1, -0.05) is 41.9 Å². The molecule has 2 amide bonds. The van der Waals surface area contributed by atoms with Gasteiger partial charge in [0.15, 0.2) is 0 Å². The van der Waals surface area contributed by atoms with Crippen molar-refractivity contribution in [3.05, 3.63) is 97.3 Å². The Bertz CT molecular complexity index is 2450. The third-order valence-corrected chi connectivity index (χ3v) is 11.8. The number of urea groups is 1. The highest BCUT2D eigenvalue weighted by Gasteiger charge is 2.49. The number of benzene rings is 2. The number of aromatic nitrogens is 4. The van der Waals surface area contributed by atoms with Crippen LogP contribution in [0.5, 0.6) is 5.88 Å². The molecule has 2 aromatic carbocycles. The third kappa shape index (κ3) is 5.91. The van der Waals surface area contributed by atoms with Gasteiger partial charge in [0.05, 0.1) is 35.5 Å². The van der Waals surface area contributed by atoms with Crippen LogP contribution in [0.3, 0.4) is 0 Å². The second kappa shape index (κ2) is 13.9. The molecule has 14 heteroatoms. The fraction of sp³-hybridized carbons (Fsp3) is 0.375. The Morgan fingerprint density at radius 3 is 2.59 bits per heavy atom. The Balaban J connectivity index is 1.09. The van der Waals surface area contributed by atoms with Crippen molar-refractivity contribution in [1.82, 2.24) is 34.2 Å². The molecule has 0 radical (unpaired) electrons. The van der Waals surface area contributed by atoms with Gasteiger partial charge in [0, 0.05) is 82.0 Å². The van der Waals surface area contributed by atoms with E-state index in [2.05, 4.69) is 26.6 Å². The van der Waals surface area contributed by atoms with Crippen molar-refractivity contribution >= 4 is 40.0 Å². The number of nitrogens with zero attached hydrogens (tertiary/aromatic N) is 6. The first-order valence-electron chi connectivity index (χ1n) is 18.1. The number of aryl methyl sites for hydroxylation is 2. The number of hydrogen-bond donors (Lipinski definition) is 2. The van der Waals surface area contributed by atoms with Crippen LogP contribution in [0, 0.1) is 6.92 Å². The Morgan fingerprint density at radius 1 is 1.02 bits per heavy atom. The molecule has 3 aromatic heterocycles. The van der Waals surface area contributed by atoms with Gasteiger partial charge >= 0.3 is 11.7 Å². The summed E-state index contributed by atoms with van der Waals surface area (Å²) in [6.45, 7) is 5.41. The Kier molecular flexibility index (Phi) is 9.19. The SMILES string of the molecule is COCCN1C[C@]2(CCN([C@H]3CCc4cc(-c5cccc(-c6cccc(Nc7nccc8c7c(=O)n(C)c(=O)n8C)c6C)c5Cl)nc(OC)c43)C2)NC1=O. The van der Waals surface area contributed by atoms with Gasteiger partial charge in [-0.25, -0.2) is 19.6 Å². The highest BCUT2D eigenvalue weighted by atomic mass is 35.5. The van der Waals surface area contributed by atoms with Crippen molar-refractivity contribution in [2.75, 3.05) is 52.3 Å². The number of nitrogens with one attached hydrogen (secondary N) is 2. The number of pyridine rings is 2. The lowest BCUT2D eigenvalue weighted by atomic mass is 9.96. The first-order valence-corrected chi connectivity index (χ1v) is 18.5. The number of hydrogen-bond acceptors (Lipinski definition) is 9. The maximum Gasteiger partial charge on any atom is 0.330 e. The molecule has 54 heavy (non-hydrogen) atoms. The van der Waals surface area contributed by atoms with Gasteiger partial charge in [0.25, 0.3) is 5.56 Å². The first-order chi connectivity index (χ1) is 26.0. The molecule has 1 aliphatic carbocycles. The van der Waals surface area contributed by atoms with Gasteiger partial charge in [-0.05, 0) is 61.1 Å². The summed E-state index contributed by atoms with van der Waals surface area (Å²) in [6.07, 6.45) is 4.29. The number of methoxy groups -OCH3 is 2. The van der Waals surface area contributed by atoms with Gasteiger partial charge in [0.2, 0.25) is 5.88 Å². The van der Waals surface area contributed by atoms with Crippen molar-refractivity contribution in [3.8, 4) is 28.3 Å². The number of carbonyl (C=O) groups is 1. The highest BCUT2D eigenvalue weighted by molar-refractivity contribution is 6.36. The van der Waals surface area contributed by atoms with Gasteiger partial charge in [-0.15, -0.1) is 0 Å². The molecule has 2 N–H and O–H groups in total. The monoisotopic (exact) mass is 750 g/mol. The molecule has 2 saturated heterocycles. The number of anilines is 2. The first kappa shape index (κ1) is 35.8. The van der Waals surface area contributed by atoms with E-state index in [4.69, 9.17) is 26.1 Å².